The van der Waals surface area contributed by atoms with Crippen LogP contribution in [0.15, 0.2) is 0 Å². The minimum Gasteiger partial charge on any atom is -0.462 e. The molecule has 3 N–H and O–H groups in total. The van der Waals surface area contributed by atoms with E-state index >= 15 is 0 Å². The molecule has 0 saturated heterocycles. The van der Waals surface area contributed by atoms with Gasteiger partial charge in [0, 0.05) is 25.7 Å². The highest BCUT2D eigenvalue weighted by molar-refractivity contribution is 7.47. The van der Waals surface area contributed by atoms with Crippen LogP contribution in [0, 0.1) is 11.8 Å². The Kier molecular flexibility index (Phi) is 69.3. The predicted molar refractivity (Wildman–Crippen MR) is 400 cm³/mol. The topological polar surface area (TPSA) is 237 Å². The van der Waals surface area contributed by atoms with Crippen LogP contribution in [0.1, 0.15) is 414 Å². The number of phosphoric acid groups is 2. The first-order valence-corrected chi connectivity index (χ1v) is 44.0. The lowest BCUT2D eigenvalue weighted by molar-refractivity contribution is -0.161. The Labute approximate surface area is 600 Å². The summed E-state index contributed by atoms with van der Waals surface area (Å²) in [6.45, 7) is 9.63. The van der Waals surface area contributed by atoms with Crippen molar-refractivity contribution in [1.82, 2.24) is 0 Å². The summed E-state index contributed by atoms with van der Waals surface area (Å²) >= 11 is 0. The van der Waals surface area contributed by atoms with Crippen molar-refractivity contribution in [3.8, 4) is 0 Å². The second-order valence-electron chi connectivity index (χ2n) is 29.2. The van der Waals surface area contributed by atoms with Crippen molar-refractivity contribution in [1.29, 1.82) is 0 Å². The predicted octanol–water partition coefficient (Wildman–Crippen LogP) is 23.5. The number of aliphatic hydroxyl groups is 1. The van der Waals surface area contributed by atoms with E-state index < -0.39 is 97.5 Å². The highest BCUT2D eigenvalue weighted by atomic mass is 31.2. The normalized spacial score (nSPS) is 14.2. The molecule has 0 heterocycles. The van der Waals surface area contributed by atoms with E-state index in [-0.39, 0.29) is 25.7 Å². The maximum Gasteiger partial charge on any atom is 0.472 e. The smallest absolute Gasteiger partial charge is 0.462 e. The highest BCUT2D eigenvalue weighted by Gasteiger charge is 2.30. The number of unbranched alkanes of at least 4 members (excludes halogenated alkanes) is 47. The number of rotatable bonds is 78. The largest absolute Gasteiger partial charge is 0.472 e. The molecule has 0 radical (unpaired) electrons. The zero-order chi connectivity index (χ0) is 72.1. The Hall–Kier alpha value is -1.94. The Balaban J connectivity index is 5.27. The van der Waals surface area contributed by atoms with Gasteiger partial charge in [-0.15, -0.1) is 0 Å². The van der Waals surface area contributed by atoms with Gasteiger partial charge in [-0.05, 0) is 37.5 Å². The standard InChI is InChI=1S/C79H154O17P2/c1-7-10-12-14-16-18-20-22-24-26-28-30-37-43-49-55-61-76(81)89-67-74(95-78(83)63-57-51-45-38-31-29-27-25-23-21-19-17-15-13-11-8-2)69-93-97(85,86)91-65-73(80)66-92-98(87,88)94-70-75(68-90-77(82)62-56-50-44-40-34-35-41-47-53-59-71(4)5)96-79(84)64-58-52-46-39-33-32-36-42-48-54-60-72(6)9-3/h71-75,80H,7-70H2,1-6H3,(H,85,86)(H,87,88)/t72?,73-,74-,75-/m1/s1. The van der Waals surface area contributed by atoms with E-state index in [1.165, 1.54) is 231 Å². The summed E-state index contributed by atoms with van der Waals surface area (Å²) in [6.07, 6.45) is 59.5. The van der Waals surface area contributed by atoms with E-state index in [9.17, 15) is 43.2 Å². The molecule has 582 valence electrons. The summed E-state index contributed by atoms with van der Waals surface area (Å²) in [6, 6.07) is 0. The number of phosphoric ester groups is 2. The third-order valence-corrected chi connectivity index (χ3v) is 20.7. The van der Waals surface area contributed by atoms with Gasteiger partial charge in [0.05, 0.1) is 26.4 Å². The van der Waals surface area contributed by atoms with Gasteiger partial charge in [-0.1, -0.05) is 363 Å². The number of aliphatic hydroxyl groups excluding tert-OH is 1. The van der Waals surface area contributed by atoms with Gasteiger partial charge in [0.1, 0.15) is 19.3 Å². The number of ether oxygens (including phenoxy) is 4. The molecule has 0 aromatic rings. The molecule has 0 fully saturated rings. The number of esters is 4. The molecular weight excluding hydrogens is 1280 g/mol. The van der Waals surface area contributed by atoms with E-state index in [1.54, 1.807) is 0 Å². The van der Waals surface area contributed by atoms with Gasteiger partial charge in [-0.25, -0.2) is 9.13 Å². The Morgan fingerprint density at radius 2 is 0.520 bits per heavy atom. The zero-order valence-electron chi connectivity index (χ0n) is 64.1. The van der Waals surface area contributed by atoms with Gasteiger partial charge >= 0.3 is 39.5 Å². The summed E-state index contributed by atoms with van der Waals surface area (Å²) in [4.78, 5) is 73.0. The summed E-state index contributed by atoms with van der Waals surface area (Å²) in [5.74, 6) is -0.563. The van der Waals surface area contributed by atoms with Gasteiger partial charge in [0.15, 0.2) is 12.2 Å². The van der Waals surface area contributed by atoms with E-state index in [4.69, 9.17) is 37.0 Å². The maximum atomic E-state index is 13.1. The van der Waals surface area contributed by atoms with Gasteiger partial charge in [0.25, 0.3) is 0 Å². The molecule has 0 bridgehead atoms. The fourth-order valence-corrected chi connectivity index (χ4v) is 13.7. The summed E-state index contributed by atoms with van der Waals surface area (Å²) < 4.78 is 68.7. The fourth-order valence-electron chi connectivity index (χ4n) is 12.2. The van der Waals surface area contributed by atoms with E-state index in [0.29, 0.717) is 25.7 Å². The lowest BCUT2D eigenvalue weighted by Crippen LogP contribution is -2.30. The summed E-state index contributed by atoms with van der Waals surface area (Å²) in [5, 5.41) is 10.6. The minimum absolute atomic E-state index is 0.106. The van der Waals surface area contributed by atoms with Crippen molar-refractivity contribution >= 4 is 39.5 Å². The van der Waals surface area contributed by atoms with Crippen molar-refractivity contribution in [3.05, 3.63) is 0 Å². The van der Waals surface area contributed by atoms with Crippen molar-refractivity contribution in [3.63, 3.8) is 0 Å². The molecule has 0 aromatic heterocycles. The number of hydrogen-bond donors (Lipinski definition) is 3. The van der Waals surface area contributed by atoms with Crippen LogP contribution >= 0.6 is 15.6 Å². The molecule has 6 atom stereocenters. The van der Waals surface area contributed by atoms with Crippen LogP contribution in [0.25, 0.3) is 0 Å². The molecule has 0 saturated carbocycles. The third kappa shape index (κ3) is 71.1. The van der Waals surface area contributed by atoms with Crippen molar-refractivity contribution < 1.29 is 80.2 Å². The van der Waals surface area contributed by atoms with Crippen LogP contribution in [0.2, 0.25) is 0 Å². The quantitative estimate of drug-likeness (QED) is 0.0222. The lowest BCUT2D eigenvalue weighted by Gasteiger charge is -2.21. The molecular formula is C79H154O17P2. The van der Waals surface area contributed by atoms with Crippen LogP contribution in [0.5, 0.6) is 0 Å². The van der Waals surface area contributed by atoms with Gasteiger partial charge in [0.2, 0.25) is 0 Å². The van der Waals surface area contributed by atoms with Crippen LogP contribution in [-0.4, -0.2) is 96.7 Å². The molecule has 17 nitrogen and oxygen atoms in total. The van der Waals surface area contributed by atoms with Crippen molar-refractivity contribution in [2.24, 2.45) is 11.8 Å². The first-order chi connectivity index (χ1) is 47.4. The molecule has 98 heavy (non-hydrogen) atoms. The molecule has 0 aliphatic carbocycles. The second-order valence-corrected chi connectivity index (χ2v) is 32.1. The van der Waals surface area contributed by atoms with Gasteiger partial charge in [-0.2, -0.15) is 0 Å². The first kappa shape index (κ1) is 96.1. The van der Waals surface area contributed by atoms with Crippen LogP contribution in [-0.2, 0) is 65.4 Å². The molecule has 0 spiro atoms. The molecule has 0 rings (SSSR count). The average molecular weight is 1440 g/mol. The minimum atomic E-state index is -4.96. The van der Waals surface area contributed by atoms with Gasteiger partial charge in [-0.3, -0.25) is 37.3 Å². The zero-order valence-corrected chi connectivity index (χ0v) is 65.9. The van der Waals surface area contributed by atoms with E-state index in [1.807, 2.05) is 0 Å². The van der Waals surface area contributed by atoms with E-state index in [0.717, 1.165) is 102 Å². The van der Waals surface area contributed by atoms with Crippen LogP contribution in [0.3, 0.4) is 0 Å². The molecule has 0 amide bonds. The molecule has 0 aromatic carbocycles. The van der Waals surface area contributed by atoms with Crippen molar-refractivity contribution in [2.75, 3.05) is 39.6 Å². The van der Waals surface area contributed by atoms with E-state index in [2.05, 4.69) is 41.5 Å². The Morgan fingerprint density at radius 3 is 0.776 bits per heavy atom. The van der Waals surface area contributed by atoms with Gasteiger partial charge < -0.3 is 33.8 Å². The Morgan fingerprint density at radius 1 is 0.296 bits per heavy atom. The Bertz CT molecular complexity index is 1890. The molecule has 3 unspecified atom stereocenters. The molecule has 0 aliphatic heterocycles. The summed E-state index contributed by atoms with van der Waals surface area (Å²) in [7, 11) is -9.92. The first-order valence-electron chi connectivity index (χ1n) is 41.0. The monoisotopic (exact) mass is 1440 g/mol. The number of hydrogen-bond acceptors (Lipinski definition) is 15. The van der Waals surface area contributed by atoms with Crippen molar-refractivity contribution in [2.45, 2.75) is 432 Å². The number of carbonyl (C=O) groups excluding carboxylic acids is 4. The number of carbonyl (C=O) groups is 4. The second kappa shape index (κ2) is 70.7. The van der Waals surface area contributed by atoms with Crippen LogP contribution < -0.4 is 0 Å². The molecule has 19 heteroatoms. The fraction of sp³-hybridized carbons (Fsp3) is 0.949. The van der Waals surface area contributed by atoms with Crippen LogP contribution in [0.4, 0.5) is 0 Å². The SMILES string of the molecule is CCCCCCCCCCCCCCCCCCC(=O)OC[C@H](COP(=O)(O)OC[C@@H](O)COP(=O)(O)OC[C@@H](COC(=O)CCCCCCCCCCCC(C)C)OC(=O)CCCCCCCCCCCCC(C)CC)OC(=O)CCCCCCCCCCCCCCCCCC. The maximum absolute atomic E-state index is 13.1. The molecule has 0 aliphatic rings. The summed E-state index contributed by atoms with van der Waals surface area (Å²) in [5.41, 5.74) is 0. The third-order valence-electron chi connectivity index (χ3n) is 18.8. The lowest BCUT2D eigenvalue weighted by atomic mass is 9.99. The highest BCUT2D eigenvalue weighted by Crippen LogP contribution is 2.45. The average Bonchev–Trinajstić information content (AvgIpc) is 1.22.